The van der Waals surface area contributed by atoms with Crippen molar-refractivity contribution in [2.24, 2.45) is 5.92 Å². The molecule has 0 aliphatic rings. The van der Waals surface area contributed by atoms with Gasteiger partial charge < -0.3 is 10.6 Å². The van der Waals surface area contributed by atoms with E-state index in [1.807, 2.05) is 36.4 Å². The molecule has 7 heteroatoms. The maximum Gasteiger partial charge on any atom is 0.421 e. The summed E-state index contributed by atoms with van der Waals surface area (Å²) in [6.07, 6.45) is 2.86. The highest BCUT2D eigenvalue weighted by Crippen LogP contribution is 2.35. The van der Waals surface area contributed by atoms with Crippen LogP contribution in [0, 0.1) is 5.92 Å². The standard InChI is InChI=1S/C27H33F3N4/c1-4-5-6-7-8-20-9-13-22(14-10-20)32-25-24(27(28,29)30)18-31-26(34-25)33-23-15-11-21(12-16-23)17-19(2)3/h9-16,18-19H,4-8,17H2,1-3H3,(H2,31,32,33,34). The van der Waals surface area contributed by atoms with Gasteiger partial charge in [-0.15, -0.1) is 0 Å². The van der Waals surface area contributed by atoms with Gasteiger partial charge in [0.1, 0.15) is 11.4 Å². The first-order valence-corrected chi connectivity index (χ1v) is 11.9. The summed E-state index contributed by atoms with van der Waals surface area (Å²) in [5, 5.41) is 5.83. The van der Waals surface area contributed by atoms with Crippen LogP contribution in [-0.4, -0.2) is 9.97 Å². The topological polar surface area (TPSA) is 49.8 Å². The highest BCUT2D eigenvalue weighted by molar-refractivity contribution is 5.63. The Bertz CT molecular complexity index is 1030. The van der Waals surface area contributed by atoms with Gasteiger partial charge in [-0.05, 0) is 60.6 Å². The third kappa shape index (κ3) is 7.75. The molecule has 0 aliphatic heterocycles. The first-order chi connectivity index (χ1) is 16.2. The van der Waals surface area contributed by atoms with Crippen molar-refractivity contribution in [3.63, 3.8) is 0 Å². The first-order valence-electron chi connectivity index (χ1n) is 11.9. The maximum absolute atomic E-state index is 13.6. The number of hydrogen-bond donors (Lipinski definition) is 2. The lowest BCUT2D eigenvalue weighted by atomic mass is 10.0. The van der Waals surface area contributed by atoms with Crippen LogP contribution in [0.25, 0.3) is 0 Å². The molecule has 2 N–H and O–H groups in total. The highest BCUT2D eigenvalue weighted by Gasteiger charge is 2.35. The van der Waals surface area contributed by atoms with E-state index in [1.165, 1.54) is 30.4 Å². The maximum atomic E-state index is 13.6. The van der Waals surface area contributed by atoms with Gasteiger partial charge in [-0.2, -0.15) is 18.2 Å². The molecular formula is C27H33F3N4. The molecule has 182 valence electrons. The molecule has 0 unspecified atom stereocenters. The molecule has 0 atom stereocenters. The molecule has 4 nitrogen and oxygen atoms in total. The molecule has 2 aromatic carbocycles. The molecule has 3 aromatic rings. The van der Waals surface area contributed by atoms with Gasteiger partial charge in [0.05, 0.1) is 0 Å². The summed E-state index contributed by atoms with van der Waals surface area (Å²) in [6, 6.07) is 15.2. The number of nitrogens with one attached hydrogen (secondary N) is 2. The van der Waals surface area contributed by atoms with E-state index in [1.54, 1.807) is 12.1 Å². The van der Waals surface area contributed by atoms with Gasteiger partial charge in [0.25, 0.3) is 0 Å². The third-order valence-electron chi connectivity index (χ3n) is 5.48. The summed E-state index contributed by atoms with van der Waals surface area (Å²) in [7, 11) is 0. The van der Waals surface area contributed by atoms with Gasteiger partial charge in [0.15, 0.2) is 0 Å². The van der Waals surface area contributed by atoms with Gasteiger partial charge in [-0.3, -0.25) is 0 Å². The smallest absolute Gasteiger partial charge is 0.340 e. The van der Waals surface area contributed by atoms with E-state index in [2.05, 4.69) is 41.4 Å². The number of benzene rings is 2. The number of unbranched alkanes of at least 4 members (excludes halogenated alkanes) is 3. The van der Waals surface area contributed by atoms with E-state index < -0.39 is 11.7 Å². The van der Waals surface area contributed by atoms with E-state index in [0.717, 1.165) is 25.5 Å². The molecule has 0 radical (unpaired) electrons. The lowest BCUT2D eigenvalue weighted by Gasteiger charge is -2.15. The van der Waals surface area contributed by atoms with Crippen LogP contribution in [0.3, 0.4) is 0 Å². The number of aryl methyl sites for hydroxylation is 1. The van der Waals surface area contributed by atoms with Crippen molar-refractivity contribution in [3.8, 4) is 0 Å². The van der Waals surface area contributed by atoms with Crippen LogP contribution < -0.4 is 10.6 Å². The molecule has 0 saturated heterocycles. The SMILES string of the molecule is CCCCCCc1ccc(Nc2nc(Nc3ccc(CC(C)C)cc3)ncc2C(F)(F)F)cc1. The number of halogens is 3. The normalized spacial score (nSPS) is 11.6. The van der Waals surface area contributed by atoms with E-state index in [-0.39, 0.29) is 11.8 Å². The van der Waals surface area contributed by atoms with Crippen molar-refractivity contribution in [1.82, 2.24) is 9.97 Å². The van der Waals surface area contributed by atoms with E-state index in [9.17, 15) is 13.2 Å². The van der Waals surface area contributed by atoms with E-state index >= 15 is 0 Å². The Kier molecular flexibility index (Phi) is 8.91. The summed E-state index contributed by atoms with van der Waals surface area (Å²) in [6.45, 7) is 6.48. The monoisotopic (exact) mass is 470 g/mol. The molecule has 3 rings (SSSR count). The fraction of sp³-hybridized carbons (Fsp3) is 0.407. The molecule has 1 heterocycles. The second-order valence-electron chi connectivity index (χ2n) is 9.01. The molecular weight excluding hydrogens is 437 g/mol. The van der Waals surface area contributed by atoms with Gasteiger partial charge in [0.2, 0.25) is 5.95 Å². The lowest BCUT2D eigenvalue weighted by Crippen LogP contribution is -2.12. The van der Waals surface area contributed by atoms with Crippen molar-refractivity contribution in [2.45, 2.75) is 65.5 Å². The van der Waals surface area contributed by atoms with Crippen molar-refractivity contribution in [1.29, 1.82) is 0 Å². The second kappa shape index (κ2) is 11.9. The van der Waals surface area contributed by atoms with Crippen molar-refractivity contribution >= 4 is 23.1 Å². The van der Waals surface area contributed by atoms with Gasteiger partial charge in [0, 0.05) is 17.6 Å². The minimum Gasteiger partial charge on any atom is -0.340 e. The molecule has 0 spiro atoms. The second-order valence-corrected chi connectivity index (χ2v) is 9.01. The Morgan fingerprint density at radius 2 is 1.44 bits per heavy atom. The van der Waals surface area contributed by atoms with Crippen LogP contribution in [0.15, 0.2) is 54.7 Å². The molecule has 1 aromatic heterocycles. The highest BCUT2D eigenvalue weighted by atomic mass is 19.4. The molecule has 0 saturated carbocycles. The number of hydrogen-bond acceptors (Lipinski definition) is 4. The van der Waals surface area contributed by atoms with Crippen molar-refractivity contribution in [3.05, 3.63) is 71.4 Å². The summed E-state index contributed by atoms with van der Waals surface area (Å²) in [5.41, 5.74) is 2.72. The summed E-state index contributed by atoms with van der Waals surface area (Å²) in [4.78, 5) is 8.03. The fourth-order valence-corrected chi connectivity index (χ4v) is 3.72. The van der Waals surface area contributed by atoms with Crippen LogP contribution >= 0.6 is 0 Å². The average Bonchev–Trinajstić information content (AvgIpc) is 2.78. The van der Waals surface area contributed by atoms with Crippen LogP contribution in [0.2, 0.25) is 0 Å². The summed E-state index contributed by atoms with van der Waals surface area (Å²) < 4.78 is 40.8. The van der Waals surface area contributed by atoms with Gasteiger partial charge >= 0.3 is 6.18 Å². The number of rotatable bonds is 11. The number of aromatic nitrogens is 2. The third-order valence-corrected chi connectivity index (χ3v) is 5.48. The van der Waals surface area contributed by atoms with Gasteiger partial charge in [-0.25, -0.2) is 4.98 Å². The van der Waals surface area contributed by atoms with E-state index in [0.29, 0.717) is 17.3 Å². The fourth-order valence-electron chi connectivity index (χ4n) is 3.72. The van der Waals surface area contributed by atoms with Crippen LogP contribution in [0.1, 0.15) is 63.1 Å². The molecule has 0 fully saturated rings. The molecule has 34 heavy (non-hydrogen) atoms. The zero-order valence-corrected chi connectivity index (χ0v) is 20.0. The Morgan fingerprint density at radius 3 is 2.03 bits per heavy atom. The summed E-state index contributed by atoms with van der Waals surface area (Å²) in [5.74, 6) is 0.359. The Labute approximate surface area is 200 Å². The first kappa shape index (κ1) is 25.5. The predicted octanol–water partition coefficient (Wildman–Crippen LogP) is 8.30. The molecule has 0 aliphatic carbocycles. The summed E-state index contributed by atoms with van der Waals surface area (Å²) >= 11 is 0. The largest absolute Gasteiger partial charge is 0.421 e. The Morgan fingerprint density at radius 1 is 0.824 bits per heavy atom. The van der Waals surface area contributed by atoms with Crippen LogP contribution in [-0.2, 0) is 19.0 Å². The average molecular weight is 471 g/mol. The number of alkyl halides is 3. The molecule has 0 bridgehead atoms. The van der Waals surface area contributed by atoms with Crippen molar-refractivity contribution < 1.29 is 13.2 Å². The van der Waals surface area contributed by atoms with E-state index in [4.69, 9.17) is 0 Å². The van der Waals surface area contributed by atoms with Crippen LogP contribution in [0.5, 0.6) is 0 Å². The van der Waals surface area contributed by atoms with Crippen LogP contribution in [0.4, 0.5) is 36.3 Å². The molecule has 0 amide bonds. The Hall–Kier alpha value is -3.09. The minimum absolute atomic E-state index is 0.0969. The quantitative estimate of drug-likeness (QED) is 0.277. The number of anilines is 4. The van der Waals surface area contributed by atoms with Gasteiger partial charge in [-0.1, -0.05) is 64.3 Å². The zero-order chi connectivity index (χ0) is 24.6. The number of nitrogens with zero attached hydrogens (tertiary/aromatic N) is 2. The zero-order valence-electron chi connectivity index (χ0n) is 20.0. The minimum atomic E-state index is -4.57. The predicted molar refractivity (Wildman–Crippen MR) is 133 cm³/mol. The lowest BCUT2D eigenvalue weighted by molar-refractivity contribution is -0.137. The van der Waals surface area contributed by atoms with Crippen molar-refractivity contribution in [2.75, 3.05) is 10.6 Å². The Balaban J connectivity index is 1.74.